The standard InChI is InChI=1S/C22H27NO12S/c1-10(24)17(31,11(2)25)21(15(6)29)19(33,13(4)27)18(32,12(3)26)20(34,14(5)28)22(35-21,16(7)30)36-9-8-23/h31-34H,9H2,1-7H3/t18-,19-,20-,21+,22-/m0/s1. The van der Waals surface area contributed by atoms with Crippen molar-refractivity contribution in [2.45, 2.75) is 81.4 Å². The van der Waals surface area contributed by atoms with Gasteiger partial charge in [-0.3, -0.25) is 33.6 Å². The fraction of sp³-hybridized carbons (Fsp3) is 0.636. The molecule has 1 aliphatic heterocycles. The van der Waals surface area contributed by atoms with Crippen molar-refractivity contribution in [2.75, 3.05) is 5.75 Å². The van der Waals surface area contributed by atoms with Gasteiger partial charge >= 0.3 is 0 Å². The summed E-state index contributed by atoms with van der Waals surface area (Å²) in [7, 11) is 0. The number of thioether (sulfide) groups is 1. The molecule has 5 atom stereocenters. The molecule has 1 heterocycles. The second kappa shape index (κ2) is 9.33. The number of Topliss-reactive ketones (excluding diaryl/α,β-unsaturated/α-hetero) is 7. The number of ether oxygens (including phenoxy) is 1. The van der Waals surface area contributed by atoms with Crippen molar-refractivity contribution in [3.05, 3.63) is 0 Å². The quantitative estimate of drug-likeness (QED) is 0.219. The van der Waals surface area contributed by atoms with Crippen LogP contribution in [-0.2, 0) is 38.3 Å². The van der Waals surface area contributed by atoms with E-state index in [1.54, 1.807) is 6.07 Å². The first-order chi connectivity index (χ1) is 16.1. The largest absolute Gasteiger partial charge is 0.376 e. The van der Waals surface area contributed by atoms with E-state index in [1.807, 2.05) is 0 Å². The van der Waals surface area contributed by atoms with Crippen LogP contribution in [0, 0.1) is 11.3 Å². The lowest BCUT2D eigenvalue weighted by Crippen LogP contribution is -2.97. The lowest BCUT2D eigenvalue weighted by Gasteiger charge is -2.66. The number of hydrogen-bond acceptors (Lipinski definition) is 14. The Bertz CT molecular complexity index is 1110. The number of carbonyl (C=O) groups excluding carboxylic acids is 7. The molecule has 1 fully saturated rings. The highest BCUT2D eigenvalue weighted by atomic mass is 32.2. The van der Waals surface area contributed by atoms with Crippen LogP contribution in [0.4, 0.5) is 0 Å². The number of ketones is 7. The average Bonchev–Trinajstić information content (AvgIpc) is 2.75. The molecule has 13 nitrogen and oxygen atoms in total. The van der Waals surface area contributed by atoms with Crippen molar-refractivity contribution in [2.24, 2.45) is 0 Å². The van der Waals surface area contributed by atoms with Gasteiger partial charge in [0.25, 0.3) is 0 Å². The van der Waals surface area contributed by atoms with Gasteiger partial charge in [-0.2, -0.15) is 5.26 Å². The molecule has 36 heavy (non-hydrogen) atoms. The summed E-state index contributed by atoms with van der Waals surface area (Å²) >= 11 is -0.0447. The fourth-order valence-corrected chi connectivity index (χ4v) is 6.13. The van der Waals surface area contributed by atoms with Crippen molar-refractivity contribution >= 4 is 52.2 Å². The van der Waals surface area contributed by atoms with E-state index in [0.29, 0.717) is 48.5 Å². The van der Waals surface area contributed by atoms with Crippen LogP contribution in [0.5, 0.6) is 0 Å². The van der Waals surface area contributed by atoms with E-state index in [1.165, 1.54) is 0 Å². The van der Waals surface area contributed by atoms with Crippen LogP contribution < -0.4 is 0 Å². The van der Waals surface area contributed by atoms with Crippen molar-refractivity contribution in [3.8, 4) is 6.07 Å². The van der Waals surface area contributed by atoms with Gasteiger partial charge in [0.2, 0.25) is 32.9 Å². The molecule has 0 saturated carbocycles. The lowest BCUT2D eigenvalue weighted by atomic mass is 9.49. The summed E-state index contributed by atoms with van der Waals surface area (Å²) in [5, 5.41) is 56.0. The molecule has 1 aliphatic rings. The Morgan fingerprint density at radius 2 is 1.11 bits per heavy atom. The van der Waals surface area contributed by atoms with Gasteiger partial charge in [0.1, 0.15) is 0 Å². The van der Waals surface area contributed by atoms with Crippen LogP contribution in [-0.4, -0.2) is 99.6 Å². The van der Waals surface area contributed by atoms with Crippen LogP contribution in [0.3, 0.4) is 0 Å². The Hall–Kier alpha value is -2.67. The molecule has 14 heteroatoms. The SMILES string of the molecule is CC(=O)C(O)(C(C)=O)[C@@]1(C(C)=O)O[C@](SCC#N)(C(C)=O)[C@](O)(C(C)=O)[C@](O)(C(C)=O)[C@@]1(O)C(C)=O. The summed E-state index contributed by atoms with van der Waals surface area (Å²) in [4.78, 5) is 87.5. The van der Waals surface area contributed by atoms with E-state index in [-0.39, 0.29) is 11.8 Å². The monoisotopic (exact) mass is 529 g/mol. The van der Waals surface area contributed by atoms with Crippen molar-refractivity contribution in [1.29, 1.82) is 5.26 Å². The minimum Gasteiger partial charge on any atom is -0.376 e. The average molecular weight is 530 g/mol. The Morgan fingerprint density at radius 1 is 0.722 bits per heavy atom. The van der Waals surface area contributed by atoms with Crippen LogP contribution in [0.15, 0.2) is 0 Å². The normalized spacial score (nSPS) is 34.3. The van der Waals surface area contributed by atoms with Gasteiger partial charge in [-0.25, -0.2) is 0 Å². The molecule has 4 N–H and O–H groups in total. The van der Waals surface area contributed by atoms with Gasteiger partial charge in [-0.05, 0) is 48.5 Å². The summed E-state index contributed by atoms with van der Waals surface area (Å²) in [6, 6.07) is 1.54. The predicted molar refractivity (Wildman–Crippen MR) is 119 cm³/mol. The summed E-state index contributed by atoms with van der Waals surface area (Å²) < 4.78 is 5.54. The highest BCUT2D eigenvalue weighted by Crippen LogP contribution is 2.62. The molecule has 0 aromatic carbocycles. The molecular formula is C22H27NO12S. The minimum absolute atomic E-state index is 0.0447. The van der Waals surface area contributed by atoms with Crippen molar-refractivity contribution < 1.29 is 58.7 Å². The predicted octanol–water partition coefficient (Wildman–Crippen LogP) is -2.24. The zero-order chi connectivity index (χ0) is 28.9. The van der Waals surface area contributed by atoms with E-state index in [4.69, 9.17) is 10.00 Å². The summed E-state index contributed by atoms with van der Waals surface area (Å²) in [6.45, 7) is 3.72. The Balaban J connectivity index is 4.87. The third-order valence-electron chi connectivity index (χ3n) is 6.69. The van der Waals surface area contributed by atoms with Crippen molar-refractivity contribution in [3.63, 3.8) is 0 Å². The first kappa shape index (κ1) is 31.4. The summed E-state index contributed by atoms with van der Waals surface area (Å²) in [5.74, 6) is -12.5. The second-order valence-electron chi connectivity index (χ2n) is 8.58. The Morgan fingerprint density at radius 3 is 1.36 bits per heavy atom. The maximum atomic E-state index is 13.3. The Kier molecular flexibility index (Phi) is 8.12. The third-order valence-corrected chi connectivity index (χ3v) is 8.03. The van der Waals surface area contributed by atoms with Crippen LogP contribution in [0.2, 0.25) is 0 Å². The maximum absolute atomic E-state index is 13.3. The molecule has 1 saturated heterocycles. The molecule has 198 valence electrons. The third kappa shape index (κ3) is 3.17. The molecule has 0 radical (unpaired) electrons. The molecule has 0 aromatic rings. The van der Waals surface area contributed by atoms with Gasteiger partial charge in [0.05, 0.1) is 11.8 Å². The van der Waals surface area contributed by atoms with Gasteiger partial charge < -0.3 is 25.2 Å². The van der Waals surface area contributed by atoms with E-state index in [9.17, 15) is 54.0 Å². The van der Waals surface area contributed by atoms with Crippen LogP contribution >= 0.6 is 11.8 Å². The zero-order valence-electron chi connectivity index (χ0n) is 20.6. The minimum atomic E-state index is -4.23. The second-order valence-corrected chi connectivity index (χ2v) is 9.73. The molecule has 0 spiro atoms. The lowest BCUT2D eigenvalue weighted by molar-refractivity contribution is -0.359. The van der Waals surface area contributed by atoms with Gasteiger partial charge in [-0.15, -0.1) is 11.8 Å². The molecule has 0 unspecified atom stereocenters. The number of hydrogen-bond donors (Lipinski definition) is 4. The number of nitriles is 1. The molecule has 0 bridgehead atoms. The first-order valence-electron chi connectivity index (χ1n) is 10.3. The number of carbonyl (C=O) groups is 7. The number of nitrogens with zero attached hydrogens (tertiary/aromatic N) is 1. The van der Waals surface area contributed by atoms with E-state index in [0.717, 1.165) is 0 Å². The highest BCUT2D eigenvalue weighted by Gasteiger charge is 2.92. The fourth-order valence-electron chi connectivity index (χ4n) is 4.97. The molecule has 0 aliphatic carbocycles. The molecule has 0 amide bonds. The first-order valence-corrected chi connectivity index (χ1v) is 11.3. The van der Waals surface area contributed by atoms with E-state index < -0.39 is 79.2 Å². The number of rotatable bonds is 10. The smallest absolute Gasteiger partial charge is 0.220 e. The number of aliphatic hydroxyl groups is 4. The molecular weight excluding hydrogens is 502 g/mol. The Labute approximate surface area is 209 Å². The van der Waals surface area contributed by atoms with Crippen LogP contribution in [0.1, 0.15) is 48.5 Å². The summed E-state index contributed by atoms with van der Waals surface area (Å²) in [6.07, 6.45) is 0. The van der Waals surface area contributed by atoms with E-state index >= 15 is 0 Å². The zero-order valence-corrected chi connectivity index (χ0v) is 21.4. The van der Waals surface area contributed by atoms with E-state index in [2.05, 4.69) is 0 Å². The molecule has 1 rings (SSSR count). The maximum Gasteiger partial charge on any atom is 0.220 e. The summed E-state index contributed by atoms with van der Waals surface area (Å²) in [5.41, 5.74) is -20.2. The van der Waals surface area contributed by atoms with Gasteiger partial charge in [-0.1, -0.05) is 0 Å². The van der Waals surface area contributed by atoms with Gasteiger partial charge in [0, 0.05) is 0 Å². The highest BCUT2D eigenvalue weighted by molar-refractivity contribution is 8.01. The molecule has 0 aromatic heterocycles. The van der Waals surface area contributed by atoms with Crippen molar-refractivity contribution in [1.82, 2.24) is 0 Å². The topological polar surface area (TPSA) is 233 Å². The van der Waals surface area contributed by atoms with Crippen LogP contribution in [0.25, 0.3) is 0 Å². The van der Waals surface area contributed by atoms with Gasteiger partial charge in [0.15, 0.2) is 40.5 Å².